The number of aromatic nitrogens is 4. The Hall–Kier alpha value is -1.23. The van der Waals surface area contributed by atoms with Crippen LogP contribution in [0.3, 0.4) is 0 Å². The quantitative estimate of drug-likeness (QED) is 0.858. The molecule has 0 aliphatic rings. The second-order valence-electron chi connectivity index (χ2n) is 3.22. The lowest BCUT2D eigenvalue weighted by atomic mass is 10.2. The van der Waals surface area contributed by atoms with Gasteiger partial charge in [0.25, 0.3) is 0 Å². The van der Waals surface area contributed by atoms with Gasteiger partial charge in [-0.3, -0.25) is 0 Å². The molecule has 78 valence electrons. The average Bonchev–Trinajstić information content (AvgIpc) is 2.68. The summed E-state index contributed by atoms with van der Waals surface area (Å²) in [5.74, 6) is 0.677. The second-order valence-corrected chi connectivity index (χ2v) is 4.13. The topological polar surface area (TPSA) is 43.6 Å². The average molecular weight is 267 g/mol. The van der Waals surface area contributed by atoms with Gasteiger partial charge < -0.3 is 0 Å². The molecule has 0 N–H and O–H groups in total. The molecule has 0 amide bonds. The predicted octanol–water partition coefficient (Wildman–Crippen LogP) is 2.51. The Morgan fingerprint density at radius 2 is 2.00 bits per heavy atom. The number of hydrogen-bond donors (Lipinski definition) is 0. The zero-order valence-corrected chi connectivity index (χ0v) is 9.98. The number of rotatable bonds is 3. The van der Waals surface area contributed by atoms with Gasteiger partial charge in [-0.2, -0.15) is 4.80 Å². The van der Waals surface area contributed by atoms with Gasteiger partial charge in [0.1, 0.15) is 0 Å². The van der Waals surface area contributed by atoms with Crippen LogP contribution in [0.1, 0.15) is 13.3 Å². The predicted molar refractivity (Wildman–Crippen MR) is 61.2 cm³/mol. The first-order chi connectivity index (χ1) is 7.29. The van der Waals surface area contributed by atoms with Crippen molar-refractivity contribution in [2.75, 3.05) is 0 Å². The first-order valence-corrected chi connectivity index (χ1v) is 5.62. The molecular formula is C10H11BrN4. The highest BCUT2D eigenvalue weighted by Crippen LogP contribution is 2.17. The number of hydrogen-bond acceptors (Lipinski definition) is 3. The van der Waals surface area contributed by atoms with E-state index in [4.69, 9.17) is 0 Å². The number of aryl methyl sites for hydroxylation is 1. The largest absolute Gasteiger partial charge is 0.204 e. The van der Waals surface area contributed by atoms with Gasteiger partial charge in [0.05, 0.1) is 6.54 Å². The molecule has 0 bridgehead atoms. The summed E-state index contributed by atoms with van der Waals surface area (Å²) in [6.45, 7) is 2.90. The first-order valence-electron chi connectivity index (χ1n) is 4.83. The molecule has 4 nitrogen and oxygen atoms in total. The minimum Gasteiger partial charge on any atom is -0.164 e. The van der Waals surface area contributed by atoms with Crippen LogP contribution in [-0.4, -0.2) is 20.2 Å². The lowest BCUT2D eigenvalue weighted by Gasteiger charge is -1.94. The Morgan fingerprint density at radius 3 is 2.67 bits per heavy atom. The van der Waals surface area contributed by atoms with Crippen molar-refractivity contribution in [2.45, 2.75) is 19.9 Å². The van der Waals surface area contributed by atoms with E-state index in [0.29, 0.717) is 5.82 Å². The highest BCUT2D eigenvalue weighted by molar-refractivity contribution is 9.10. The number of tetrazole rings is 1. The smallest absolute Gasteiger partial charge is 0.164 e. The van der Waals surface area contributed by atoms with Gasteiger partial charge in [0.2, 0.25) is 5.82 Å². The molecule has 0 atom stereocenters. The van der Waals surface area contributed by atoms with Crippen LogP contribution in [0.25, 0.3) is 11.4 Å². The molecule has 0 spiro atoms. The normalized spacial score (nSPS) is 10.5. The van der Waals surface area contributed by atoms with Gasteiger partial charge in [0, 0.05) is 10.0 Å². The van der Waals surface area contributed by atoms with Crippen LogP contribution in [0.2, 0.25) is 0 Å². The molecule has 0 aliphatic carbocycles. The van der Waals surface area contributed by atoms with Gasteiger partial charge in [-0.15, -0.1) is 10.2 Å². The number of benzene rings is 1. The highest BCUT2D eigenvalue weighted by Gasteiger charge is 2.04. The maximum atomic E-state index is 4.28. The standard InChI is InChI=1S/C10H11BrN4/c1-2-7-15-13-10(12-14-15)8-3-5-9(11)6-4-8/h3-6H,2,7H2,1H3. The molecule has 2 rings (SSSR count). The zero-order chi connectivity index (χ0) is 10.7. The van der Waals surface area contributed by atoms with Gasteiger partial charge in [0.15, 0.2) is 0 Å². The molecule has 0 saturated carbocycles. The SMILES string of the molecule is CCCn1nnc(-c2ccc(Br)cc2)n1. The summed E-state index contributed by atoms with van der Waals surface area (Å²) in [7, 11) is 0. The van der Waals surface area contributed by atoms with Crippen molar-refractivity contribution in [1.29, 1.82) is 0 Å². The van der Waals surface area contributed by atoms with E-state index in [9.17, 15) is 0 Å². The number of halogens is 1. The molecule has 1 heterocycles. The summed E-state index contributed by atoms with van der Waals surface area (Å²) < 4.78 is 1.05. The maximum Gasteiger partial charge on any atom is 0.204 e. The minimum absolute atomic E-state index is 0.677. The first kappa shape index (κ1) is 10.3. The molecule has 1 aromatic carbocycles. The number of nitrogens with zero attached hydrogens (tertiary/aromatic N) is 4. The van der Waals surface area contributed by atoms with E-state index < -0.39 is 0 Å². The molecule has 0 radical (unpaired) electrons. The molecule has 0 unspecified atom stereocenters. The zero-order valence-electron chi connectivity index (χ0n) is 8.39. The van der Waals surface area contributed by atoms with Crippen molar-refractivity contribution < 1.29 is 0 Å². The summed E-state index contributed by atoms with van der Waals surface area (Å²) in [6, 6.07) is 7.88. The monoisotopic (exact) mass is 266 g/mol. The van der Waals surface area contributed by atoms with E-state index in [2.05, 4.69) is 38.3 Å². The van der Waals surface area contributed by atoms with Crippen molar-refractivity contribution in [3.05, 3.63) is 28.7 Å². The van der Waals surface area contributed by atoms with E-state index in [1.54, 1.807) is 4.80 Å². The minimum atomic E-state index is 0.677. The Kier molecular flexibility index (Phi) is 3.11. The van der Waals surface area contributed by atoms with Crippen LogP contribution in [0.4, 0.5) is 0 Å². The van der Waals surface area contributed by atoms with E-state index in [0.717, 1.165) is 23.0 Å². The molecule has 5 heteroatoms. The molecule has 15 heavy (non-hydrogen) atoms. The molecule has 2 aromatic rings. The third kappa shape index (κ3) is 2.41. The molecular weight excluding hydrogens is 256 g/mol. The maximum absolute atomic E-state index is 4.28. The van der Waals surface area contributed by atoms with Crippen molar-refractivity contribution in [3.8, 4) is 11.4 Å². The molecule has 0 aliphatic heterocycles. The fourth-order valence-corrected chi connectivity index (χ4v) is 1.52. The third-order valence-electron chi connectivity index (χ3n) is 1.98. The Bertz CT molecular complexity index is 435. The van der Waals surface area contributed by atoms with Crippen molar-refractivity contribution in [2.24, 2.45) is 0 Å². The Morgan fingerprint density at radius 1 is 1.27 bits per heavy atom. The van der Waals surface area contributed by atoms with Crippen LogP contribution in [-0.2, 0) is 6.54 Å². The molecule has 0 saturated heterocycles. The van der Waals surface area contributed by atoms with Crippen LogP contribution >= 0.6 is 15.9 Å². The van der Waals surface area contributed by atoms with E-state index >= 15 is 0 Å². The summed E-state index contributed by atoms with van der Waals surface area (Å²) in [5, 5.41) is 12.2. The fourth-order valence-electron chi connectivity index (χ4n) is 1.25. The summed E-state index contributed by atoms with van der Waals surface area (Å²) in [5.41, 5.74) is 0.987. The lowest BCUT2D eigenvalue weighted by molar-refractivity contribution is 0.515. The van der Waals surface area contributed by atoms with Crippen molar-refractivity contribution in [1.82, 2.24) is 20.2 Å². The second kappa shape index (κ2) is 4.53. The molecule has 0 fully saturated rings. The third-order valence-corrected chi connectivity index (χ3v) is 2.51. The molecule has 1 aromatic heterocycles. The summed E-state index contributed by atoms with van der Waals surface area (Å²) in [6.07, 6.45) is 1.01. The van der Waals surface area contributed by atoms with Gasteiger partial charge in [-0.05, 0) is 35.9 Å². The van der Waals surface area contributed by atoms with Crippen LogP contribution in [0.5, 0.6) is 0 Å². The van der Waals surface area contributed by atoms with E-state index in [1.807, 2.05) is 24.3 Å². The Labute approximate surface area is 96.4 Å². The van der Waals surface area contributed by atoms with E-state index in [1.165, 1.54) is 0 Å². The van der Waals surface area contributed by atoms with Crippen molar-refractivity contribution in [3.63, 3.8) is 0 Å². The van der Waals surface area contributed by atoms with Gasteiger partial charge >= 0.3 is 0 Å². The van der Waals surface area contributed by atoms with Crippen molar-refractivity contribution >= 4 is 15.9 Å². The summed E-state index contributed by atoms with van der Waals surface area (Å²) in [4.78, 5) is 1.62. The van der Waals surface area contributed by atoms with E-state index in [-0.39, 0.29) is 0 Å². The lowest BCUT2D eigenvalue weighted by Crippen LogP contribution is -2.00. The summed E-state index contributed by atoms with van der Waals surface area (Å²) >= 11 is 3.39. The van der Waals surface area contributed by atoms with Crippen LogP contribution < -0.4 is 0 Å². The van der Waals surface area contributed by atoms with Crippen LogP contribution in [0.15, 0.2) is 28.7 Å². The fraction of sp³-hybridized carbons (Fsp3) is 0.300. The highest BCUT2D eigenvalue weighted by atomic mass is 79.9. The van der Waals surface area contributed by atoms with Gasteiger partial charge in [-0.1, -0.05) is 22.9 Å². The van der Waals surface area contributed by atoms with Gasteiger partial charge in [-0.25, -0.2) is 0 Å². The van der Waals surface area contributed by atoms with Crippen LogP contribution in [0, 0.1) is 0 Å². The Balaban J connectivity index is 2.25.